The Labute approximate surface area is 105 Å². The maximum absolute atomic E-state index is 12.5. The average Bonchev–Trinajstić information content (AvgIpc) is 2.28. The zero-order chi connectivity index (χ0) is 13.8. The Hall–Kier alpha value is -1.17. The summed E-state index contributed by atoms with van der Waals surface area (Å²) in [5, 5.41) is 0. The zero-order valence-corrected chi connectivity index (χ0v) is 10.8. The van der Waals surface area contributed by atoms with Gasteiger partial charge in [0.05, 0.1) is 12.2 Å². The first-order valence-corrected chi connectivity index (χ1v) is 5.72. The van der Waals surface area contributed by atoms with Gasteiger partial charge in [0.15, 0.2) is 0 Å². The molecule has 0 unspecified atom stereocenters. The van der Waals surface area contributed by atoms with Gasteiger partial charge in [0.1, 0.15) is 5.75 Å². The zero-order valence-electron chi connectivity index (χ0n) is 10.8. The summed E-state index contributed by atoms with van der Waals surface area (Å²) in [4.78, 5) is 0. The molecule has 0 heterocycles. The molecule has 0 saturated carbocycles. The van der Waals surface area contributed by atoms with Gasteiger partial charge in [-0.15, -0.1) is 5.46 Å². The van der Waals surface area contributed by atoms with E-state index >= 15 is 0 Å². The minimum atomic E-state index is -4.98. The van der Waals surface area contributed by atoms with Crippen LogP contribution in [0, 0.1) is 0 Å². The van der Waals surface area contributed by atoms with Gasteiger partial charge in [-0.1, -0.05) is 12.1 Å². The summed E-state index contributed by atoms with van der Waals surface area (Å²) in [6.07, 6.45) is 0.602. The highest BCUT2D eigenvalue weighted by Crippen LogP contribution is 2.17. The molecule has 0 saturated heterocycles. The maximum atomic E-state index is 12.5. The number of rotatable bonds is 6. The lowest BCUT2D eigenvalue weighted by molar-refractivity contribution is 0.00546. The van der Waals surface area contributed by atoms with Gasteiger partial charge < -0.3 is 22.4 Å². The third-order valence-electron chi connectivity index (χ3n) is 2.76. The Morgan fingerprint density at radius 2 is 1.89 bits per heavy atom. The molecule has 0 atom stereocenters. The normalized spacial score (nSPS) is 12.6. The van der Waals surface area contributed by atoms with Gasteiger partial charge in [-0.25, -0.2) is 0 Å². The quantitative estimate of drug-likeness (QED) is 0.733. The molecule has 102 valence electrons. The van der Waals surface area contributed by atoms with Crippen molar-refractivity contribution in [1.29, 1.82) is 0 Å². The van der Waals surface area contributed by atoms with Gasteiger partial charge in [-0.05, 0) is 26.0 Å². The van der Waals surface area contributed by atoms with Crippen molar-refractivity contribution in [3.05, 3.63) is 24.3 Å². The molecular weight excluding hydrogens is 244 g/mol. The summed E-state index contributed by atoms with van der Waals surface area (Å²) >= 11 is 0. The summed E-state index contributed by atoms with van der Waals surface area (Å²) < 4.78 is 48.1. The van der Waals surface area contributed by atoms with Crippen LogP contribution in [0.25, 0.3) is 0 Å². The van der Waals surface area contributed by atoms with Crippen LogP contribution in [0.15, 0.2) is 24.3 Å². The lowest BCUT2D eigenvalue weighted by Gasteiger charge is -2.23. The van der Waals surface area contributed by atoms with Gasteiger partial charge in [-0.2, -0.15) is 0 Å². The Balaban J connectivity index is 2.59. The Morgan fingerprint density at radius 3 is 2.44 bits per heavy atom. The molecule has 0 fully saturated rings. The van der Waals surface area contributed by atoms with Crippen molar-refractivity contribution in [2.24, 2.45) is 0 Å². The molecule has 0 bridgehead atoms. The van der Waals surface area contributed by atoms with Gasteiger partial charge in [0.2, 0.25) is 0 Å². The van der Waals surface area contributed by atoms with Crippen molar-refractivity contribution in [3.8, 4) is 5.75 Å². The van der Waals surface area contributed by atoms with Crippen LogP contribution >= 0.6 is 0 Å². The molecule has 6 heteroatoms. The van der Waals surface area contributed by atoms with Gasteiger partial charge in [-0.3, -0.25) is 0 Å². The van der Waals surface area contributed by atoms with Crippen LogP contribution in [-0.2, 0) is 4.74 Å². The predicted octanol–water partition coefficient (Wildman–Crippen LogP) is 2.93. The number of benzene rings is 1. The first kappa shape index (κ1) is 14.9. The molecule has 0 amide bonds. The molecule has 2 nitrogen and oxygen atoms in total. The van der Waals surface area contributed by atoms with Crippen LogP contribution in [0.5, 0.6) is 5.75 Å². The van der Waals surface area contributed by atoms with E-state index in [2.05, 4.69) is 0 Å². The minimum Gasteiger partial charge on any atom is -0.494 e. The van der Waals surface area contributed by atoms with Crippen LogP contribution in [0.2, 0.25) is 0 Å². The van der Waals surface area contributed by atoms with E-state index in [4.69, 9.17) is 9.47 Å². The second-order valence-electron chi connectivity index (χ2n) is 4.71. The smallest absolute Gasteiger partial charge is 0.494 e. The van der Waals surface area contributed by atoms with E-state index in [9.17, 15) is 12.9 Å². The maximum Gasteiger partial charge on any atom is 0.509 e. The number of ether oxygens (including phenoxy) is 2. The predicted molar refractivity (Wildman–Crippen MR) is 66.4 cm³/mol. The average molecular weight is 261 g/mol. The van der Waals surface area contributed by atoms with Crippen molar-refractivity contribution < 1.29 is 22.4 Å². The number of methoxy groups -OCH3 is 1. The van der Waals surface area contributed by atoms with Gasteiger partial charge >= 0.3 is 6.98 Å². The van der Waals surface area contributed by atoms with E-state index in [1.807, 2.05) is 13.8 Å². The molecule has 0 aliphatic heterocycles. The van der Waals surface area contributed by atoms with E-state index in [1.165, 1.54) is 12.1 Å². The summed E-state index contributed by atoms with van der Waals surface area (Å²) in [6, 6.07) is 4.94. The molecule has 0 radical (unpaired) electrons. The molecule has 1 aromatic carbocycles. The summed E-state index contributed by atoms with van der Waals surface area (Å²) in [6.45, 7) is -0.873. The third kappa shape index (κ3) is 4.60. The van der Waals surface area contributed by atoms with Gasteiger partial charge in [0, 0.05) is 13.5 Å². The van der Waals surface area contributed by atoms with Crippen LogP contribution in [-0.4, -0.2) is 26.3 Å². The highest BCUT2D eigenvalue weighted by molar-refractivity contribution is 6.73. The monoisotopic (exact) mass is 261 g/mol. The lowest BCUT2D eigenvalue weighted by atomic mass is 9.80. The van der Waals surface area contributed by atoms with E-state index in [0.29, 0.717) is 13.0 Å². The third-order valence-corrected chi connectivity index (χ3v) is 2.76. The number of hydrogen-bond acceptors (Lipinski definition) is 2. The van der Waals surface area contributed by atoms with Crippen molar-refractivity contribution in [2.45, 2.75) is 25.9 Å². The molecule has 0 aliphatic rings. The van der Waals surface area contributed by atoms with Crippen molar-refractivity contribution in [2.75, 3.05) is 13.7 Å². The summed E-state index contributed by atoms with van der Waals surface area (Å²) in [7, 11) is 1.59. The Kier molecular flexibility index (Phi) is 4.68. The van der Waals surface area contributed by atoms with Gasteiger partial charge in [0.25, 0.3) is 0 Å². The Morgan fingerprint density at radius 1 is 1.22 bits per heavy atom. The molecule has 0 aliphatic carbocycles. The van der Waals surface area contributed by atoms with Crippen molar-refractivity contribution in [3.63, 3.8) is 0 Å². The largest absolute Gasteiger partial charge is 0.509 e. The second-order valence-corrected chi connectivity index (χ2v) is 4.71. The topological polar surface area (TPSA) is 18.5 Å². The van der Waals surface area contributed by atoms with Crippen LogP contribution < -0.4 is 10.2 Å². The van der Waals surface area contributed by atoms with Crippen LogP contribution in [0.4, 0.5) is 12.9 Å². The molecule has 18 heavy (non-hydrogen) atoms. The molecule has 0 aromatic heterocycles. The standard InChI is InChI=1S/C12H17BF3O2/c1-12(2,17-3)7-8-18-11-6-4-5-10(9-11)13(14,15)16/h4-6,9H,7-8H2,1-3H3/q-1. The highest BCUT2D eigenvalue weighted by atomic mass is 19.4. The van der Waals surface area contributed by atoms with Crippen molar-refractivity contribution >= 4 is 12.4 Å². The molecule has 0 spiro atoms. The number of hydrogen-bond donors (Lipinski definition) is 0. The molecule has 1 aromatic rings. The van der Waals surface area contributed by atoms with Crippen LogP contribution in [0.3, 0.4) is 0 Å². The summed E-state index contributed by atoms with van der Waals surface area (Å²) in [5.74, 6) is 0.235. The minimum absolute atomic E-state index is 0.235. The molecule has 0 N–H and O–H groups in total. The Bertz CT molecular complexity index is 391. The summed E-state index contributed by atoms with van der Waals surface area (Å²) in [5.41, 5.74) is -0.982. The molecular formula is C12H17BF3O2-. The fourth-order valence-corrected chi connectivity index (χ4v) is 1.32. The van der Waals surface area contributed by atoms with E-state index in [-0.39, 0.29) is 11.4 Å². The fourth-order valence-electron chi connectivity index (χ4n) is 1.32. The highest BCUT2D eigenvalue weighted by Gasteiger charge is 2.25. The molecule has 1 rings (SSSR count). The van der Waals surface area contributed by atoms with Crippen molar-refractivity contribution in [1.82, 2.24) is 0 Å². The fraction of sp³-hybridized carbons (Fsp3) is 0.500. The van der Waals surface area contributed by atoms with Crippen LogP contribution in [0.1, 0.15) is 20.3 Å². The first-order chi connectivity index (χ1) is 8.24. The van der Waals surface area contributed by atoms with E-state index in [1.54, 1.807) is 7.11 Å². The first-order valence-electron chi connectivity index (χ1n) is 5.72. The van der Waals surface area contributed by atoms with E-state index in [0.717, 1.165) is 12.1 Å². The number of halogens is 3. The lowest BCUT2D eigenvalue weighted by Crippen LogP contribution is -2.33. The second kappa shape index (κ2) is 5.65. The van der Waals surface area contributed by atoms with E-state index < -0.39 is 12.4 Å². The SMILES string of the molecule is COC(C)(C)CCOc1cccc([B-](F)(F)F)c1.